The Labute approximate surface area is 121 Å². The van der Waals surface area contributed by atoms with Gasteiger partial charge in [-0.3, -0.25) is 4.79 Å². The minimum absolute atomic E-state index is 0.0717. The Morgan fingerprint density at radius 2 is 1.95 bits per heavy atom. The first-order chi connectivity index (χ1) is 9.74. The molecule has 1 rings (SSSR count). The Morgan fingerprint density at radius 3 is 2.65 bits per heavy atom. The van der Waals surface area contributed by atoms with Crippen molar-refractivity contribution < 1.29 is 9.53 Å². The van der Waals surface area contributed by atoms with Gasteiger partial charge in [0, 0.05) is 6.54 Å². The Balaban J connectivity index is 2.04. The topological polar surface area (TPSA) is 50.4 Å². The quantitative estimate of drug-likeness (QED) is 0.646. The third-order valence-electron chi connectivity index (χ3n) is 3.01. The van der Waals surface area contributed by atoms with Crippen LogP contribution < -0.4 is 15.4 Å². The number of carbonyl (C=O) groups is 1. The molecule has 0 heterocycles. The van der Waals surface area contributed by atoms with Gasteiger partial charge < -0.3 is 15.4 Å². The van der Waals surface area contributed by atoms with E-state index in [1.54, 1.807) is 0 Å². The van der Waals surface area contributed by atoms with Crippen molar-refractivity contribution in [3.63, 3.8) is 0 Å². The second-order valence-electron chi connectivity index (χ2n) is 4.84. The molecule has 0 fully saturated rings. The van der Waals surface area contributed by atoms with Crippen molar-refractivity contribution in [2.45, 2.75) is 39.2 Å². The molecule has 1 amide bonds. The summed E-state index contributed by atoms with van der Waals surface area (Å²) in [5, 5.41) is 6.12. The molecule has 1 aromatic rings. The molecule has 112 valence electrons. The van der Waals surface area contributed by atoms with Crippen LogP contribution in [0.2, 0.25) is 0 Å². The zero-order valence-electron chi connectivity index (χ0n) is 12.5. The molecular formula is C16H26N2O2. The van der Waals surface area contributed by atoms with Crippen LogP contribution in [0.15, 0.2) is 30.3 Å². The van der Waals surface area contributed by atoms with Crippen LogP contribution in [0.3, 0.4) is 0 Å². The van der Waals surface area contributed by atoms with Crippen LogP contribution in [-0.4, -0.2) is 31.6 Å². The standard InChI is InChI=1S/C16H26N2O2/c1-3-4-11-18-16(19)14(2)17-12-8-13-20-15-9-6-5-7-10-15/h5-7,9-10,14,17H,3-4,8,11-13H2,1-2H3,(H,18,19). The molecule has 0 aliphatic heterocycles. The highest BCUT2D eigenvalue weighted by Gasteiger charge is 2.10. The van der Waals surface area contributed by atoms with Crippen molar-refractivity contribution in [1.82, 2.24) is 10.6 Å². The number of unbranched alkanes of at least 4 members (excludes halogenated alkanes) is 1. The summed E-state index contributed by atoms with van der Waals surface area (Å²) >= 11 is 0. The van der Waals surface area contributed by atoms with Gasteiger partial charge in [-0.2, -0.15) is 0 Å². The molecule has 0 aliphatic carbocycles. The fourth-order valence-electron chi connectivity index (χ4n) is 1.73. The summed E-state index contributed by atoms with van der Waals surface area (Å²) in [4.78, 5) is 11.7. The summed E-state index contributed by atoms with van der Waals surface area (Å²) in [5.41, 5.74) is 0. The van der Waals surface area contributed by atoms with E-state index in [-0.39, 0.29) is 11.9 Å². The predicted octanol–water partition coefficient (Wildman–Crippen LogP) is 2.35. The maximum absolute atomic E-state index is 11.7. The molecule has 20 heavy (non-hydrogen) atoms. The number of amides is 1. The highest BCUT2D eigenvalue weighted by atomic mass is 16.5. The first-order valence-electron chi connectivity index (χ1n) is 7.43. The van der Waals surface area contributed by atoms with Gasteiger partial charge in [0.2, 0.25) is 5.91 Å². The van der Waals surface area contributed by atoms with Crippen LogP contribution in [0.4, 0.5) is 0 Å². The van der Waals surface area contributed by atoms with Gasteiger partial charge in [-0.15, -0.1) is 0 Å². The molecule has 0 saturated heterocycles. The van der Waals surface area contributed by atoms with Crippen molar-refractivity contribution in [1.29, 1.82) is 0 Å². The number of nitrogens with one attached hydrogen (secondary N) is 2. The average Bonchev–Trinajstić information content (AvgIpc) is 2.48. The van der Waals surface area contributed by atoms with Crippen LogP contribution >= 0.6 is 0 Å². The molecule has 4 heteroatoms. The van der Waals surface area contributed by atoms with Crippen LogP contribution in [-0.2, 0) is 4.79 Å². The van der Waals surface area contributed by atoms with Crippen LogP contribution in [0.25, 0.3) is 0 Å². The van der Waals surface area contributed by atoms with E-state index in [0.29, 0.717) is 6.61 Å². The largest absolute Gasteiger partial charge is 0.494 e. The van der Waals surface area contributed by atoms with Crippen molar-refractivity contribution in [2.75, 3.05) is 19.7 Å². The second kappa shape index (κ2) is 10.3. The van der Waals surface area contributed by atoms with Gasteiger partial charge in [0.05, 0.1) is 12.6 Å². The van der Waals surface area contributed by atoms with E-state index in [4.69, 9.17) is 4.74 Å². The van der Waals surface area contributed by atoms with Crippen LogP contribution in [0.5, 0.6) is 5.75 Å². The molecule has 0 bridgehead atoms. The first kappa shape index (κ1) is 16.5. The second-order valence-corrected chi connectivity index (χ2v) is 4.84. The average molecular weight is 278 g/mol. The summed E-state index contributed by atoms with van der Waals surface area (Å²) in [6.07, 6.45) is 3.00. The molecule has 0 aromatic heterocycles. The summed E-state index contributed by atoms with van der Waals surface area (Å²) in [6, 6.07) is 9.61. The smallest absolute Gasteiger partial charge is 0.236 e. The summed E-state index contributed by atoms with van der Waals surface area (Å²) in [5.74, 6) is 0.959. The fourth-order valence-corrected chi connectivity index (χ4v) is 1.73. The SMILES string of the molecule is CCCCNC(=O)C(C)NCCCOc1ccccc1. The molecule has 4 nitrogen and oxygen atoms in total. The molecule has 1 atom stereocenters. The molecule has 1 unspecified atom stereocenters. The van der Waals surface area contributed by atoms with Gasteiger partial charge in [0.15, 0.2) is 0 Å². The fraction of sp³-hybridized carbons (Fsp3) is 0.562. The van der Waals surface area contributed by atoms with Crippen molar-refractivity contribution >= 4 is 5.91 Å². The lowest BCUT2D eigenvalue weighted by Crippen LogP contribution is -2.43. The number of ether oxygens (including phenoxy) is 1. The maximum atomic E-state index is 11.7. The lowest BCUT2D eigenvalue weighted by molar-refractivity contribution is -0.122. The van der Waals surface area contributed by atoms with Gasteiger partial charge in [0.1, 0.15) is 5.75 Å². The molecule has 2 N–H and O–H groups in total. The summed E-state index contributed by atoms with van der Waals surface area (Å²) in [6.45, 7) is 6.19. The molecule has 0 aliphatic rings. The summed E-state index contributed by atoms with van der Waals surface area (Å²) in [7, 11) is 0. The van der Waals surface area contributed by atoms with E-state index >= 15 is 0 Å². The Kier molecular flexibility index (Phi) is 8.47. The van der Waals surface area contributed by atoms with E-state index in [1.807, 2.05) is 37.3 Å². The molecule has 0 saturated carbocycles. The van der Waals surface area contributed by atoms with Crippen molar-refractivity contribution in [3.8, 4) is 5.75 Å². The van der Waals surface area contributed by atoms with E-state index in [1.165, 1.54) is 0 Å². The summed E-state index contributed by atoms with van der Waals surface area (Å²) < 4.78 is 5.59. The number of benzene rings is 1. The van der Waals surface area contributed by atoms with E-state index in [9.17, 15) is 4.79 Å². The number of carbonyl (C=O) groups excluding carboxylic acids is 1. The Bertz CT molecular complexity index is 368. The number of hydrogen-bond acceptors (Lipinski definition) is 3. The van der Waals surface area contributed by atoms with Gasteiger partial charge >= 0.3 is 0 Å². The highest BCUT2D eigenvalue weighted by molar-refractivity contribution is 5.81. The van der Waals surface area contributed by atoms with Gasteiger partial charge in [-0.05, 0) is 38.4 Å². The monoisotopic (exact) mass is 278 g/mol. The zero-order valence-corrected chi connectivity index (χ0v) is 12.5. The third-order valence-corrected chi connectivity index (χ3v) is 3.01. The lowest BCUT2D eigenvalue weighted by Gasteiger charge is -2.14. The maximum Gasteiger partial charge on any atom is 0.236 e. The first-order valence-corrected chi connectivity index (χ1v) is 7.43. The van der Waals surface area contributed by atoms with Gasteiger partial charge in [-0.25, -0.2) is 0 Å². The van der Waals surface area contributed by atoms with Crippen molar-refractivity contribution in [2.24, 2.45) is 0 Å². The normalized spacial score (nSPS) is 11.9. The number of rotatable bonds is 10. The molecular weight excluding hydrogens is 252 g/mol. The van der Waals surface area contributed by atoms with Crippen molar-refractivity contribution in [3.05, 3.63) is 30.3 Å². The third kappa shape index (κ3) is 7.14. The minimum Gasteiger partial charge on any atom is -0.494 e. The highest BCUT2D eigenvalue weighted by Crippen LogP contribution is 2.07. The van der Waals surface area contributed by atoms with Crippen LogP contribution in [0, 0.1) is 0 Å². The lowest BCUT2D eigenvalue weighted by atomic mass is 10.2. The Morgan fingerprint density at radius 1 is 1.20 bits per heavy atom. The van der Waals surface area contributed by atoms with E-state index in [2.05, 4.69) is 17.6 Å². The van der Waals surface area contributed by atoms with Gasteiger partial charge in [0.25, 0.3) is 0 Å². The number of para-hydroxylation sites is 1. The molecule has 0 spiro atoms. The Hall–Kier alpha value is -1.55. The number of hydrogen-bond donors (Lipinski definition) is 2. The zero-order chi connectivity index (χ0) is 14.6. The van der Waals surface area contributed by atoms with E-state index < -0.39 is 0 Å². The predicted molar refractivity (Wildman–Crippen MR) is 81.9 cm³/mol. The van der Waals surface area contributed by atoms with Gasteiger partial charge in [-0.1, -0.05) is 31.5 Å². The molecule has 1 aromatic carbocycles. The minimum atomic E-state index is -0.149. The van der Waals surface area contributed by atoms with E-state index in [0.717, 1.165) is 38.1 Å². The van der Waals surface area contributed by atoms with Crippen LogP contribution in [0.1, 0.15) is 33.1 Å². The molecule has 0 radical (unpaired) electrons.